The molecule has 0 heterocycles. The monoisotopic (exact) mass is 344 g/mol. The van der Waals surface area contributed by atoms with E-state index in [9.17, 15) is 4.79 Å². The summed E-state index contributed by atoms with van der Waals surface area (Å²) in [6, 6.07) is 0. The van der Waals surface area contributed by atoms with Crippen molar-refractivity contribution in [2.45, 2.75) is 64.2 Å². The van der Waals surface area contributed by atoms with Crippen LogP contribution in [0, 0.1) is 11.8 Å². The van der Waals surface area contributed by atoms with Crippen LogP contribution in [0.2, 0.25) is 0 Å². The Kier molecular flexibility index (Phi) is 10.1. The van der Waals surface area contributed by atoms with Gasteiger partial charge in [0.2, 0.25) is 0 Å². The first-order valence-corrected chi connectivity index (χ1v) is 9.22. The molecule has 0 aliphatic heterocycles. The van der Waals surface area contributed by atoms with Gasteiger partial charge in [0.1, 0.15) is 0 Å². The van der Waals surface area contributed by atoms with Crippen LogP contribution in [0.25, 0.3) is 0 Å². The smallest absolute Gasteiger partial charge is 0.305 e. The molecule has 0 N–H and O–H groups in total. The molecular weight excluding hydrogens is 316 g/mol. The molecule has 0 saturated heterocycles. The first-order chi connectivity index (χ1) is 9.76. The molecule has 1 saturated carbocycles. The van der Waals surface area contributed by atoms with Gasteiger partial charge in [-0.1, -0.05) is 28.4 Å². The van der Waals surface area contributed by atoms with Crippen LogP contribution in [-0.2, 0) is 9.53 Å². The van der Waals surface area contributed by atoms with E-state index in [1.807, 2.05) is 0 Å². The first-order valence-electron chi connectivity index (χ1n) is 8.10. The molecule has 1 aliphatic carbocycles. The molecule has 0 unspecified atom stereocenters. The van der Waals surface area contributed by atoms with Gasteiger partial charge in [0.05, 0.1) is 6.61 Å². The Labute approximate surface area is 132 Å². The van der Waals surface area contributed by atoms with Crippen molar-refractivity contribution in [2.75, 3.05) is 11.9 Å². The lowest BCUT2D eigenvalue weighted by Gasteiger charge is -2.26. The molecule has 2 nitrogen and oxygen atoms in total. The Morgan fingerprint density at radius 3 is 2.55 bits per heavy atom. The topological polar surface area (TPSA) is 26.3 Å². The zero-order valence-corrected chi connectivity index (χ0v) is 14.2. The maximum atomic E-state index is 11.5. The summed E-state index contributed by atoms with van der Waals surface area (Å²) in [7, 11) is 0. The number of carbonyl (C=O) groups excluding carboxylic acids is 1. The number of carbonyl (C=O) groups is 1. The van der Waals surface area contributed by atoms with Gasteiger partial charge in [0.15, 0.2) is 0 Å². The molecule has 1 fully saturated rings. The van der Waals surface area contributed by atoms with E-state index in [1.54, 1.807) is 0 Å². The number of halogens is 1. The van der Waals surface area contributed by atoms with E-state index < -0.39 is 0 Å². The van der Waals surface area contributed by atoms with Gasteiger partial charge in [0.25, 0.3) is 0 Å². The van der Waals surface area contributed by atoms with Crippen molar-refractivity contribution in [3.8, 4) is 0 Å². The molecule has 0 amide bonds. The lowest BCUT2D eigenvalue weighted by molar-refractivity contribution is -0.144. The molecule has 0 radical (unpaired) electrons. The van der Waals surface area contributed by atoms with Crippen molar-refractivity contribution < 1.29 is 9.53 Å². The highest BCUT2D eigenvalue weighted by molar-refractivity contribution is 9.09. The molecule has 0 aromatic rings. The van der Waals surface area contributed by atoms with Crippen molar-refractivity contribution in [2.24, 2.45) is 11.8 Å². The number of rotatable bonds is 10. The van der Waals surface area contributed by atoms with E-state index in [2.05, 4.69) is 28.6 Å². The third-order valence-corrected chi connectivity index (χ3v) is 4.82. The summed E-state index contributed by atoms with van der Waals surface area (Å²) >= 11 is 3.39. The van der Waals surface area contributed by atoms with Gasteiger partial charge >= 0.3 is 5.97 Å². The van der Waals surface area contributed by atoms with E-state index >= 15 is 0 Å². The second kappa shape index (κ2) is 11.4. The van der Waals surface area contributed by atoms with Crippen LogP contribution in [0.5, 0.6) is 0 Å². The van der Waals surface area contributed by atoms with Gasteiger partial charge in [-0.05, 0) is 63.2 Å². The van der Waals surface area contributed by atoms with Crippen molar-refractivity contribution >= 4 is 21.9 Å². The van der Waals surface area contributed by atoms with Crippen molar-refractivity contribution in [1.82, 2.24) is 0 Å². The molecule has 3 heteroatoms. The summed E-state index contributed by atoms with van der Waals surface area (Å²) in [6.07, 6.45) is 13.3. The number of allylic oxidation sites excluding steroid dienone is 1. The number of hydrogen-bond donors (Lipinski definition) is 0. The molecule has 0 atom stereocenters. The predicted molar refractivity (Wildman–Crippen MR) is 88.1 cm³/mol. The molecule has 1 rings (SSSR count). The molecule has 0 bridgehead atoms. The van der Waals surface area contributed by atoms with Crippen LogP contribution in [0.4, 0.5) is 0 Å². The van der Waals surface area contributed by atoms with Crippen molar-refractivity contribution in [3.63, 3.8) is 0 Å². The Morgan fingerprint density at radius 1 is 1.15 bits per heavy atom. The highest BCUT2D eigenvalue weighted by atomic mass is 79.9. The van der Waals surface area contributed by atoms with Gasteiger partial charge in [0, 0.05) is 11.8 Å². The summed E-state index contributed by atoms with van der Waals surface area (Å²) in [6.45, 7) is 4.49. The SMILES string of the molecule is C=CC1CCC(CCCOC(=O)CCCCCBr)CC1. The van der Waals surface area contributed by atoms with Gasteiger partial charge in [-0.2, -0.15) is 0 Å². The minimum absolute atomic E-state index is 0.0186. The van der Waals surface area contributed by atoms with Crippen LogP contribution in [0.3, 0.4) is 0 Å². The Hall–Kier alpha value is -0.310. The Balaban J connectivity index is 1.94. The second-order valence-electron chi connectivity index (χ2n) is 5.88. The third kappa shape index (κ3) is 8.08. The standard InChI is InChI=1S/C17H29BrO2/c1-2-15-9-11-16(12-10-15)7-6-14-20-17(19)8-4-3-5-13-18/h2,15-16H,1,3-14H2. The van der Waals surface area contributed by atoms with Crippen LogP contribution >= 0.6 is 15.9 Å². The van der Waals surface area contributed by atoms with Gasteiger partial charge < -0.3 is 4.74 Å². The Bertz CT molecular complexity index is 270. The highest BCUT2D eigenvalue weighted by Gasteiger charge is 2.18. The largest absolute Gasteiger partial charge is 0.466 e. The van der Waals surface area contributed by atoms with Crippen molar-refractivity contribution in [1.29, 1.82) is 0 Å². The summed E-state index contributed by atoms with van der Waals surface area (Å²) in [5.74, 6) is 1.56. The molecular formula is C17H29BrO2. The average molecular weight is 345 g/mol. The summed E-state index contributed by atoms with van der Waals surface area (Å²) in [5.41, 5.74) is 0. The maximum absolute atomic E-state index is 11.5. The summed E-state index contributed by atoms with van der Waals surface area (Å²) < 4.78 is 5.29. The number of esters is 1. The number of ether oxygens (including phenoxy) is 1. The fourth-order valence-corrected chi connectivity index (χ4v) is 3.28. The summed E-state index contributed by atoms with van der Waals surface area (Å²) in [4.78, 5) is 11.5. The quantitative estimate of drug-likeness (QED) is 0.234. The minimum atomic E-state index is -0.0186. The third-order valence-electron chi connectivity index (χ3n) is 4.26. The van der Waals surface area contributed by atoms with Crippen molar-refractivity contribution in [3.05, 3.63) is 12.7 Å². The molecule has 20 heavy (non-hydrogen) atoms. The molecule has 116 valence electrons. The zero-order chi connectivity index (χ0) is 14.6. The van der Waals surface area contributed by atoms with Gasteiger partial charge in [-0.25, -0.2) is 0 Å². The zero-order valence-electron chi connectivity index (χ0n) is 12.6. The van der Waals surface area contributed by atoms with Gasteiger partial charge in [-0.15, -0.1) is 6.58 Å². The molecule has 1 aliphatic rings. The lowest BCUT2D eigenvalue weighted by atomic mass is 9.80. The van der Waals surface area contributed by atoms with Crippen LogP contribution in [0.1, 0.15) is 64.2 Å². The fourth-order valence-electron chi connectivity index (χ4n) is 2.88. The van der Waals surface area contributed by atoms with Crippen LogP contribution < -0.4 is 0 Å². The van der Waals surface area contributed by atoms with E-state index in [0.717, 1.165) is 42.8 Å². The van der Waals surface area contributed by atoms with Crippen LogP contribution in [-0.4, -0.2) is 17.9 Å². The van der Waals surface area contributed by atoms with Crippen LogP contribution in [0.15, 0.2) is 12.7 Å². The molecule has 0 spiro atoms. The average Bonchev–Trinajstić information content (AvgIpc) is 2.49. The second-order valence-corrected chi connectivity index (χ2v) is 6.67. The van der Waals surface area contributed by atoms with E-state index in [4.69, 9.17) is 4.74 Å². The number of unbranched alkanes of at least 4 members (excludes halogenated alkanes) is 2. The summed E-state index contributed by atoms with van der Waals surface area (Å²) in [5, 5.41) is 1.02. The first kappa shape index (κ1) is 17.7. The van der Waals surface area contributed by atoms with E-state index in [1.165, 1.54) is 32.1 Å². The normalized spacial score (nSPS) is 22.4. The number of alkyl halides is 1. The maximum Gasteiger partial charge on any atom is 0.305 e. The lowest BCUT2D eigenvalue weighted by Crippen LogP contribution is -2.14. The van der Waals surface area contributed by atoms with E-state index in [0.29, 0.717) is 13.0 Å². The highest BCUT2D eigenvalue weighted by Crippen LogP contribution is 2.31. The predicted octanol–water partition coefficient (Wildman–Crippen LogP) is 5.26. The Morgan fingerprint density at radius 2 is 1.90 bits per heavy atom. The van der Waals surface area contributed by atoms with Gasteiger partial charge in [-0.3, -0.25) is 4.79 Å². The van der Waals surface area contributed by atoms with E-state index in [-0.39, 0.29) is 5.97 Å². The minimum Gasteiger partial charge on any atom is -0.466 e. The fraction of sp³-hybridized carbons (Fsp3) is 0.824. The number of hydrogen-bond acceptors (Lipinski definition) is 2. The molecule has 0 aromatic carbocycles. The molecule has 0 aromatic heterocycles.